The van der Waals surface area contributed by atoms with Gasteiger partial charge in [0, 0.05) is 21.9 Å². The summed E-state index contributed by atoms with van der Waals surface area (Å²) in [5.74, 6) is 3.47. The van der Waals surface area contributed by atoms with E-state index >= 15 is 0 Å². The van der Waals surface area contributed by atoms with Crippen molar-refractivity contribution in [3.05, 3.63) is 113 Å². The summed E-state index contributed by atoms with van der Waals surface area (Å²) in [7, 11) is 3.26. The van der Waals surface area contributed by atoms with Crippen molar-refractivity contribution < 1.29 is 18.9 Å². The smallest absolute Gasteiger partial charge is 0.228 e. The van der Waals surface area contributed by atoms with Crippen LogP contribution in [-0.4, -0.2) is 33.8 Å². The molecule has 9 heteroatoms. The summed E-state index contributed by atoms with van der Waals surface area (Å²) >= 11 is 6.00. The first kappa shape index (κ1) is 24.2. The predicted molar refractivity (Wildman–Crippen MR) is 151 cm³/mol. The lowest BCUT2D eigenvalue weighted by molar-refractivity contribution is 0.296. The molecule has 198 valence electrons. The first-order chi connectivity index (χ1) is 19.6. The number of rotatable bonds is 6. The van der Waals surface area contributed by atoms with Gasteiger partial charge in [-0.2, -0.15) is 0 Å². The molecule has 1 aliphatic rings. The van der Waals surface area contributed by atoms with E-state index in [9.17, 15) is 0 Å². The van der Waals surface area contributed by atoms with Crippen LogP contribution >= 0.6 is 11.6 Å². The number of benzene rings is 4. The summed E-state index contributed by atoms with van der Waals surface area (Å²) < 4.78 is 25.3. The van der Waals surface area contributed by atoms with Crippen LogP contribution in [0.25, 0.3) is 16.4 Å². The van der Waals surface area contributed by atoms with Crippen molar-refractivity contribution in [3.8, 4) is 28.9 Å². The molecule has 3 heterocycles. The van der Waals surface area contributed by atoms with Gasteiger partial charge in [0.25, 0.3) is 0 Å². The molecule has 4 aromatic carbocycles. The normalized spacial score (nSPS) is 13.9. The molecular formula is C31H23ClN4O4. The molecule has 0 aliphatic carbocycles. The second-order valence-corrected chi connectivity index (χ2v) is 9.79. The second-order valence-electron chi connectivity index (χ2n) is 9.36. The summed E-state index contributed by atoms with van der Waals surface area (Å²) in [6, 6.07) is 25.5. The lowest BCUT2D eigenvalue weighted by Crippen LogP contribution is -2.15. The number of ether oxygens (including phenoxy) is 4. The van der Waals surface area contributed by atoms with Crippen molar-refractivity contribution in [3.63, 3.8) is 0 Å². The van der Waals surface area contributed by atoms with Crippen molar-refractivity contribution in [1.29, 1.82) is 0 Å². The third kappa shape index (κ3) is 4.04. The van der Waals surface area contributed by atoms with Gasteiger partial charge in [-0.25, -0.2) is 14.5 Å². The maximum absolute atomic E-state index is 6.51. The molecule has 0 N–H and O–H groups in total. The third-order valence-electron chi connectivity index (χ3n) is 7.06. The number of hydrogen-bond acceptors (Lipinski definition) is 7. The predicted octanol–water partition coefficient (Wildman–Crippen LogP) is 6.81. The molecule has 7 rings (SSSR count). The second kappa shape index (κ2) is 9.73. The van der Waals surface area contributed by atoms with Crippen LogP contribution in [0.4, 0.5) is 0 Å². The molecule has 8 nitrogen and oxygen atoms in total. The van der Waals surface area contributed by atoms with Crippen LogP contribution in [0, 0.1) is 0 Å². The Kier molecular flexibility index (Phi) is 5.90. The Labute approximate surface area is 234 Å². The van der Waals surface area contributed by atoms with E-state index in [1.807, 2.05) is 42.5 Å². The van der Waals surface area contributed by atoms with Gasteiger partial charge in [-0.05, 0) is 47.3 Å². The van der Waals surface area contributed by atoms with Crippen molar-refractivity contribution in [2.45, 2.75) is 12.5 Å². The Bertz CT molecular complexity index is 1890. The minimum Gasteiger partial charge on any atom is -0.493 e. The molecular weight excluding hydrogens is 528 g/mol. The highest BCUT2D eigenvalue weighted by atomic mass is 35.5. The van der Waals surface area contributed by atoms with Gasteiger partial charge in [0.1, 0.15) is 24.4 Å². The van der Waals surface area contributed by atoms with Gasteiger partial charge >= 0.3 is 0 Å². The van der Waals surface area contributed by atoms with Crippen LogP contribution in [0.15, 0.2) is 85.2 Å². The molecule has 0 radical (unpaired) electrons. The first-order valence-electron chi connectivity index (χ1n) is 12.7. The van der Waals surface area contributed by atoms with Crippen molar-refractivity contribution in [2.24, 2.45) is 0 Å². The molecule has 40 heavy (non-hydrogen) atoms. The molecule has 1 atom stereocenters. The topological polar surface area (TPSA) is 80.0 Å². The quantitative estimate of drug-likeness (QED) is 0.225. The minimum atomic E-state index is -0.256. The Balaban J connectivity index is 1.39. The lowest BCUT2D eigenvalue weighted by atomic mass is 9.82. The molecule has 0 saturated heterocycles. The Morgan fingerprint density at radius 2 is 1.75 bits per heavy atom. The molecule has 0 saturated carbocycles. The number of methoxy groups -OCH3 is 2. The Morgan fingerprint density at radius 1 is 0.925 bits per heavy atom. The van der Waals surface area contributed by atoms with Crippen LogP contribution in [0.5, 0.6) is 28.9 Å². The number of fused-ring (bicyclic) bond motifs is 6. The number of halogens is 1. The fourth-order valence-corrected chi connectivity index (χ4v) is 5.34. The van der Waals surface area contributed by atoms with E-state index in [0.29, 0.717) is 39.6 Å². The zero-order valence-corrected chi connectivity index (χ0v) is 22.4. The van der Waals surface area contributed by atoms with Crippen LogP contribution < -0.4 is 18.9 Å². The maximum atomic E-state index is 6.51. The highest BCUT2D eigenvalue weighted by molar-refractivity contribution is 6.30. The molecule has 0 unspecified atom stereocenters. The molecule has 0 spiro atoms. The van der Waals surface area contributed by atoms with Gasteiger partial charge in [-0.15, -0.1) is 5.10 Å². The molecule has 0 amide bonds. The average molecular weight is 551 g/mol. The highest BCUT2D eigenvalue weighted by Crippen LogP contribution is 2.51. The largest absolute Gasteiger partial charge is 0.493 e. The highest BCUT2D eigenvalue weighted by Gasteiger charge is 2.34. The Hall–Kier alpha value is -4.82. The van der Waals surface area contributed by atoms with Gasteiger partial charge in [0.05, 0.1) is 19.8 Å². The fraction of sp³-hybridized carbons (Fsp3) is 0.129. The maximum Gasteiger partial charge on any atom is 0.228 e. The van der Waals surface area contributed by atoms with E-state index in [1.54, 1.807) is 37.2 Å². The van der Waals surface area contributed by atoms with Crippen LogP contribution in [0.3, 0.4) is 0 Å². The average Bonchev–Trinajstić information content (AvgIpc) is 3.43. The summed E-state index contributed by atoms with van der Waals surface area (Å²) in [5.41, 5.74) is 3.42. The molecule has 6 aromatic rings. The summed E-state index contributed by atoms with van der Waals surface area (Å²) in [6.07, 6.45) is 1.62. The zero-order chi connectivity index (χ0) is 27.2. The lowest BCUT2D eigenvalue weighted by Gasteiger charge is -2.29. The zero-order valence-electron chi connectivity index (χ0n) is 21.7. The first-order valence-corrected chi connectivity index (χ1v) is 13.0. The van der Waals surface area contributed by atoms with Gasteiger partial charge < -0.3 is 18.9 Å². The molecule has 1 aliphatic heterocycles. The van der Waals surface area contributed by atoms with Crippen LogP contribution in [0.1, 0.15) is 28.4 Å². The van der Waals surface area contributed by atoms with Crippen LogP contribution in [-0.2, 0) is 6.61 Å². The molecule has 0 bridgehead atoms. The standard InChI is InChI=1S/C31H23ClN4O4/c1-37-24-14-8-19(15-25(24)38-2)27-23-13-7-18-5-3-4-6-22(18)29(23)40-31-28(27)30-34-26(35-36(30)17-33-31)16-39-21-11-9-20(32)10-12-21/h3-15,17,27H,16H2,1-2H3/t27-/m1/s1. The van der Waals surface area contributed by atoms with Crippen molar-refractivity contribution in [2.75, 3.05) is 14.2 Å². The summed E-state index contributed by atoms with van der Waals surface area (Å²) in [6.45, 7) is 0.182. The van der Waals surface area contributed by atoms with E-state index in [0.717, 1.165) is 33.2 Å². The van der Waals surface area contributed by atoms with Gasteiger partial charge in [-0.1, -0.05) is 54.1 Å². The molecule has 2 aromatic heterocycles. The van der Waals surface area contributed by atoms with Crippen molar-refractivity contribution in [1.82, 2.24) is 19.6 Å². The Morgan fingerprint density at radius 3 is 2.58 bits per heavy atom. The van der Waals surface area contributed by atoms with E-state index in [4.69, 9.17) is 35.5 Å². The number of aromatic nitrogens is 4. The number of nitrogens with zero attached hydrogens (tertiary/aromatic N) is 4. The summed E-state index contributed by atoms with van der Waals surface area (Å²) in [5, 5.41) is 7.38. The third-order valence-corrected chi connectivity index (χ3v) is 7.31. The SMILES string of the molecule is COc1ccc([C@@H]2c3ccc4ccccc4c3Oc3ncn4nc(COc5ccc(Cl)cc5)nc4c32)cc1OC. The summed E-state index contributed by atoms with van der Waals surface area (Å²) in [4.78, 5) is 9.54. The van der Waals surface area contributed by atoms with Gasteiger partial charge in [0.15, 0.2) is 23.0 Å². The van der Waals surface area contributed by atoms with E-state index in [-0.39, 0.29) is 12.5 Å². The van der Waals surface area contributed by atoms with Gasteiger partial charge in [-0.3, -0.25) is 0 Å². The minimum absolute atomic E-state index is 0.182. The monoisotopic (exact) mass is 550 g/mol. The van der Waals surface area contributed by atoms with Crippen molar-refractivity contribution >= 4 is 28.0 Å². The number of hydrogen-bond donors (Lipinski definition) is 0. The van der Waals surface area contributed by atoms with Gasteiger partial charge in [0.2, 0.25) is 5.88 Å². The fourth-order valence-electron chi connectivity index (χ4n) is 5.21. The van der Waals surface area contributed by atoms with E-state index in [1.165, 1.54) is 0 Å². The molecule has 0 fully saturated rings. The van der Waals surface area contributed by atoms with E-state index in [2.05, 4.69) is 34.3 Å². The van der Waals surface area contributed by atoms with Crippen LogP contribution in [0.2, 0.25) is 5.02 Å². The van der Waals surface area contributed by atoms with E-state index < -0.39 is 0 Å².